The molecule has 0 saturated heterocycles. The molecule has 3 rings (SSSR count). The van der Waals surface area contributed by atoms with Gasteiger partial charge in [0, 0.05) is 22.8 Å². The number of thioether (sulfide) groups is 1. The van der Waals surface area contributed by atoms with Crippen LogP contribution in [0.4, 0.5) is 5.69 Å². The summed E-state index contributed by atoms with van der Waals surface area (Å²) in [5.74, 6) is 1.19. The Morgan fingerprint density at radius 2 is 1.86 bits per heavy atom. The minimum Gasteiger partial charge on any atom is -0.497 e. The van der Waals surface area contributed by atoms with Crippen molar-refractivity contribution in [2.45, 2.75) is 45.4 Å². The quantitative estimate of drug-likeness (QED) is 0.363. The Balaban J connectivity index is 1.71. The second-order valence-corrected chi connectivity index (χ2v) is 9.68. The maximum atomic E-state index is 12.9. The average Bonchev–Trinajstić information content (AvgIpc) is 3.25. The van der Waals surface area contributed by atoms with E-state index in [9.17, 15) is 9.59 Å². The number of benzene rings is 2. The van der Waals surface area contributed by atoms with Crippen LogP contribution in [0.1, 0.15) is 48.6 Å². The summed E-state index contributed by atoms with van der Waals surface area (Å²) in [6.45, 7) is 8.52. The van der Waals surface area contributed by atoms with Crippen LogP contribution >= 0.6 is 23.4 Å². The minimum atomic E-state index is -0.352. The monoisotopic (exact) mass is 515 g/mol. The summed E-state index contributed by atoms with van der Waals surface area (Å²) in [7, 11) is 1.58. The Hall–Kier alpha value is -3.04. The number of hydrogen-bond acceptors (Lipinski definition) is 6. The molecule has 0 aliphatic carbocycles. The molecule has 0 aliphatic heterocycles. The van der Waals surface area contributed by atoms with E-state index in [0.717, 1.165) is 5.56 Å². The number of carbonyl (C=O) groups is 2. The van der Waals surface area contributed by atoms with Crippen LogP contribution in [-0.4, -0.2) is 39.4 Å². The van der Waals surface area contributed by atoms with E-state index in [0.29, 0.717) is 39.5 Å². The van der Waals surface area contributed by atoms with Crippen LogP contribution in [0.25, 0.3) is 0 Å². The van der Waals surface area contributed by atoms with Crippen molar-refractivity contribution in [1.29, 1.82) is 0 Å². The Morgan fingerprint density at radius 1 is 1.14 bits per heavy atom. The molecule has 0 aliphatic rings. The highest BCUT2D eigenvalue weighted by molar-refractivity contribution is 7.99. The largest absolute Gasteiger partial charge is 0.497 e. The lowest BCUT2D eigenvalue weighted by molar-refractivity contribution is -0.113. The van der Waals surface area contributed by atoms with E-state index >= 15 is 0 Å². The summed E-state index contributed by atoms with van der Waals surface area (Å²) < 4.78 is 7.10. The average molecular weight is 516 g/mol. The molecule has 2 N–H and O–H groups in total. The summed E-state index contributed by atoms with van der Waals surface area (Å²) in [4.78, 5) is 25.4. The minimum absolute atomic E-state index is 0.0682. The highest BCUT2D eigenvalue weighted by atomic mass is 35.5. The smallest absolute Gasteiger partial charge is 0.251 e. The van der Waals surface area contributed by atoms with E-state index in [-0.39, 0.29) is 29.5 Å². The number of amides is 2. The maximum absolute atomic E-state index is 12.9. The molecule has 186 valence electrons. The first-order valence-corrected chi connectivity index (χ1v) is 12.7. The second kappa shape index (κ2) is 12.1. The molecule has 0 fully saturated rings. The molecule has 1 heterocycles. The van der Waals surface area contributed by atoms with Gasteiger partial charge in [-0.05, 0) is 61.7 Å². The van der Waals surface area contributed by atoms with Gasteiger partial charge in [0.25, 0.3) is 5.91 Å². The van der Waals surface area contributed by atoms with E-state index in [4.69, 9.17) is 16.3 Å². The molecule has 10 heteroatoms. The van der Waals surface area contributed by atoms with Crippen LogP contribution in [0.3, 0.4) is 0 Å². The zero-order valence-electron chi connectivity index (χ0n) is 20.5. The fraction of sp³-hybridized carbons (Fsp3) is 0.360. The number of hydrogen-bond donors (Lipinski definition) is 2. The van der Waals surface area contributed by atoms with Crippen LogP contribution in [0.15, 0.2) is 47.6 Å². The lowest BCUT2D eigenvalue weighted by Crippen LogP contribution is -2.33. The Bertz CT molecular complexity index is 1180. The van der Waals surface area contributed by atoms with Gasteiger partial charge in [0.15, 0.2) is 11.0 Å². The van der Waals surface area contributed by atoms with Crippen molar-refractivity contribution < 1.29 is 14.3 Å². The number of nitrogens with one attached hydrogen (secondary N) is 2. The first-order valence-electron chi connectivity index (χ1n) is 11.3. The summed E-state index contributed by atoms with van der Waals surface area (Å²) in [6.07, 6.45) is 0. The van der Waals surface area contributed by atoms with Gasteiger partial charge in [-0.2, -0.15) is 0 Å². The number of nitrogens with zero attached hydrogens (tertiary/aromatic N) is 3. The first kappa shape index (κ1) is 26.6. The van der Waals surface area contributed by atoms with Crippen molar-refractivity contribution in [3.05, 3.63) is 64.4 Å². The third-order valence-corrected chi connectivity index (χ3v) is 6.65. The van der Waals surface area contributed by atoms with Crippen molar-refractivity contribution >= 4 is 40.9 Å². The molecule has 2 amide bonds. The highest BCUT2D eigenvalue weighted by Gasteiger charge is 2.26. The zero-order valence-corrected chi connectivity index (χ0v) is 22.0. The van der Waals surface area contributed by atoms with Crippen molar-refractivity contribution in [3.63, 3.8) is 0 Å². The molecule has 35 heavy (non-hydrogen) atoms. The molecular formula is C25H30ClN5O3S. The number of carbonyl (C=O) groups excluding carboxylic acids is 2. The van der Waals surface area contributed by atoms with E-state index in [2.05, 4.69) is 20.8 Å². The van der Waals surface area contributed by atoms with Crippen LogP contribution in [-0.2, 0) is 11.3 Å². The summed E-state index contributed by atoms with van der Waals surface area (Å²) >= 11 is 7.34. The zero-order chi connectivity index (χ0) is 25.5. The topological polar surface area (TPSA) is 98.1 Å². The standard InChI is InChI=1S/C25H30ClN5O3S/c1-6-31-23(22(15(2)3)28-24(33)17-8-11-19(34-5)12-9-17)29-30-25(31)35-14-21(32)27-20-13-18(26)10-7-16(20)4/h7-13,15,22H,6,14H2,1-5H3,(H,27,32)(H,28,33). The van der Waals surface area contributed by atoms with Gasteiger partial charge in [-0.25, -0.2) is 0 Å². The van der Waals surface area contributed by atoms with Crippen molar-refractivity contribution in [3.8, 4) is 5.75 Å². The maximum Gasteiger partial charge on any atom is 0.251 e. The third kappa shape index (κ3) is 6.76. The molecular weight excluding hydrogens is 486 g/mol. The molecule has 2 aromatic carbocycles. The van der Waals surface area contributed by atoms with Gasteiger partial charge in [-0.15, -0.1) is 10.2 Å². The Labute approximate surface area is 214 Å². The SMILES string of the molecule is CCn1c(SCC(=O)Nc2cc(Cl)ccc2C)nnc1C(NC(=O)c1ccc(OC)cc1)C(C)C. The molecule has 3 aromatic rings. The highest BCUT2D eigenvalue weighted by Crippen LogP contribution is 2.26. The summed E-state index contributed by atoms with van der Waals surface area (Å²) in [6, 6.07) is 12.0. The number of halogens is 1. The molecule has 0 radical (unpaired) electrons. The number of ether oxygens (including phenoxy) is 1. The van der Waals surface area contributed by atoms with Gasteiger partial charge in [-0.1, -0.05) is 43.3 Å². The van der Waals surface area contributed by atoms with E-state index in [1.54, 1.807) is 43.5 Å². The number of methoxy groups -OCH3 is 1. The van der Waals surface area contributed by atoms with Crippen LogP contribution in [0.5, 0.6) is 5.75 Å². The van der Waals surface area contributed by atoms with Gasteiger partial charge in [0.1, 0.15) is 5.75 Å². The van der Waals surface area contributed by atoms with E-state index in [1.165, 1.54) is 11.8 Å². The van der Waals surface area contributed by atoms with Gasteiger partial charge in [0.05, 0.1) is 18.9 Å². The van der Waals surface area contributed by atoms with Crippen molar-refractivity contribution in [1.82, 2.24) is 20.1 Å². The summed E-state index contributed by atoms with van der Waals surface area (Å²) in [5.41, 5.74) is 2.14. The van der Waals surface area contributed by atoms with Crippen LogP contribution < -0.4 is 15.4 Å². The molecule has 8 nitrogen and oxygen atoms in total. The van der Waals surface area contributed by atoms with Gasteiger partial charge in [-0.3, -0.25) is 9.59 Å². The molecule has 1 aromatic heterocycles. The predicted octanol–water partition coefficient (Wildman–Crippen LogP) is 5.13. The molecule has 1 atom stereocenters. The van der Waals surface area contributed by atoms with Gasteiger partial charge < -0.3 is 19.9 Å². The van der Waals surface area contributed by atoms with Crippen molar-refractivity contribution in [2.75, 3.05) is 18.2 Å². The number of rotatable bonds is 10. The molecule has 1 unspecified atom stereocenters. The van der Waals surface area contributed by atoms with E-state index < -0.39 is 0 Å². The predicted molar refractivity (Wildman–Crippen MR) is 139 cm³/mol. The third-order valence-electron chi connectivity index (χ3n) is 5.45. The van der Waals surface area contributed by atoms with Gasteiger partial charge >= 0.3 is 0 Å². The number of aryl methyl sites for hydroxylation is 1. The van der Waals surface area contributed by atoms with Crippen molar-refractivity contribution in [2.24, 2.45) is 5.92 Å². The van der Waals surface area contributed by atoms with E-state index in [1.807, 2.05) is 38.3 Å². The van der Waals surface area contributed by atoms with Crippen LogP contribution in [0.2, 0.25) is 5.02 Å². The fourth-order valence-corrected chi connectivity index (χ4v) is 4.46. The Kier molecular flexibility index (Phi) is 9.17. The number of aromatic nitrogens is 3. The molecule has 0 bridgehead atoms. The summed E-state index contributed by atoms with van der Waals surface area (Å²) in [5, 5.41) is 15.8. The second-order valence-electron chi connectivity index (χ2n) is 8.30. The van der Waals surface area contributed by atoms with Crippen LogP contribution in [0, 0.1) is 12.8 Å². The number of anilines is 1. The lowest BCUT2D eigenvalue weighted by atomic mass is 10.0. The normalized spacial score (nSPS) is 11.9. The fourth-order valence-electron chi connectivity index (χ4n) is 3.48. The lowest BCUT2D eigenvalue weighted by Gasteiger charge is -2.22. The van der Waals surface area contributed by atoms with Gasteiger partial charge in [0.2, 0.25) is 5.91 Å². The molecule has 0 saturated carbocycles. The molecule has 0 spiro atoms. The Morgan fingerprint density at radius 3 is 2.49 bits per heavy atom. The first-order chi connectivity index (χ1) is 16.7.